The summed E-state index contributed by atoms with van der Waals surface area (Å²) >= 11 is 0. The molecule has 2 rings (SSSR count). The third-order valence-electron chi connectivity index (χ3n) is 2.65. The second-order valence-electron chi connectivity index (χ2n) is 3.94. The Labute approximate surface area is 105 Å². The van der Waals surface area contributed by atoms with E-state index in [9.17, 15) is 4.21 Å². The molecule has 0 bridgehead atoms. The molecule has 1 aromatic heterocycles. The Bertz CT molecular complexity index is 367. The van der Waals surface area contributed by atoms with Gasteiger partial charge < -0.3 is 5.32 Å². The first-order valence-electron chi connectivity index (χ1n) is 5.31. The fraction of sp³-hybridized carbons (Fsp3) is 0.545. The smallest absolute Gasteiger partial charge is 0.127 e. The second kappa shape index (κ2) is 6.33. The highest BCUT2D eigenvalue weighted by molar-refractivity contribution is 7.85. The van der Waals surface area contributed by atoms with Gasteiger partial charge in [-0.15, -0.1) is 12.4 Å². The molecule has 1 aliphatic rings. The maximum Gasteiger partial charge on any atom is 0.127 e. The first-order valence-corrected chi connectivity index (χ1v) is 6.52. The third-order valence-corrected chi connectivity index (χ3v) is 4.29. The van der Waals surface area contributed by atoms with E-state index >= 15 is 0 Å². The summed E-state index contributed by atoms with van der Waals surface area (Å²) < 4.78 is 12.2. The van der Waals surface area contributed by atoms with Gasteiger partial charge in [0.05, 0.1) is 16.0 Å². The van der Waals surface area contributed by atoms with Gasteiger partial charge in [-0.25, -0.2) is 4.98 Å². The molecule has 1 fully saturated rings. The molecular weight excluding hydrogens is 244 g/mol. The van der Waals surface area contributed by atoms with Crippen LogP contribution in [-0.4, -0.2) is 27.5 Å². The highest BCUT2D eigenvalue weighted by Crippen LogP contribution is 2.15. The van der Waals surface area contributed by atoms with Crippen molar-refractivity contribution in [3.8, 4) is 0 Å². The Hall–Kier alpha value is -0.450. The molecule has 90 valence electrons. The molecule has 16 heavy (non-hydrogen) atoms. The molecule has 1 aromatic rings. The maximum atomic E-state index is 12.2. The van der Waals surface area contributed by atoms with Gasteiger partial charge in [0.25, 0.3) is 0 Å². The summed E-state index contributed by atoms with van der Waals surface area (Å²) in [5.41, 5.74) is 1.12. The molecule has 0 aromatic carbocycles. The standard InChI is InChI=1S/C11H16N2OS.ClH/c1-9-4-6-13-11(7-9)15(14)10-3-2-5-12-8-10;/h4,6-7,10,12H,2-3,5,8H2,1H3;1H. The van der Waals surface area contributed by atoms with Crippen LogP contribution in [-0.2, 0) is 10.8 Å². The zero-order chi connectivity index (χ0) is 10.7. The van der Waals surface area contributed by atoms with Crippen molar-refractivity contribution < 1.29 is 4.21 Å². The van der Waals surface area contributed by atoms with Crippen LogP contribution >= 0.6 is 12.4 Å². The molecule has 0 saturated carbocycles. The van der Waals surface area contributed by atoms with E-state index in [-0.39, 0.29) is 17.7 Å². The number of hydrogen-bond acceptors (Lipinski definition) is 3. The molecule has 0 radical (unpaired) electrons. The van der Waals surface area contributed by atoms with Crippen LogP contribution in [0.15, 0.2) is 23.4 Å². The van der Waals surface area contributed by atoms with Crippen molar-refractivity contribution in [3.05, 3.63) is 23.9 Å². The van der Waals surface area contributed by atoms with E-state index in [0.29, 0.717) is 0 Å². The van der Waals surface area contributed by atoms with Crippen LogP contribution in [0.25, 0.3) is 0 Å². The van der Waals surface area contributed by atoms with Crippen molar-refractivity contribution in [1.82, 2.24) is 10.3 Å². The summed E-state index contributed by atoms with van der Waals surface area (Å²) in [5.74, 6) is 0. The highest BCUT2D eigenvalue weighted by atomic mass is 35.5. The molecule has 0 amide bonds. The molecule has 0 spiro atoms. The lowest BCUT2D eigenvalue weighted by Crippen LogP contribution is -2.36. The number of pyridine rings is 1. The quantitative estimate of drug-likeness (QED) is 0.880. The van der Waals surface area contributed by atoms with Crippen molar-refractivity contribution in [1.29, 1.82) is 0 Å². The van der Waals surface area contributed by atoms with E-state index in [1.807, 2.05) is 19.1 Å². The Morgan fingerprint density at radius 2 is 2.38 bits per heavy atom. The van der Waals surface area contributed by atoms with Gasteiger partial charge in [-0.05, 0) is 44.0 Å². The molecule has 2 heterocycles. The summed E-state index contributed by atoms with van der Waals surface area (Å²) in [6.07, 6.45) is 3.89. The average Bonchev–Trinajstić information content (AvgIpc) is 2.29. The van der Waals surface area contributed by atoms with Crippen LogP contribution in [0, 0.1) is 6.92 Å². The van der Waals surface area contributed by atoms with Crippen LogP contribution in [0.2, 0.25) is 0 Å². The molecule has 1 saturated heterocycles. The minimum Gasteiger partial charge on any atom is -0.316 e. The monoisotopic (exact) mass is 260 g/mol. The van der Waals surface area contributed by atoms with Crippen molar-refractivity contribution >= 4 is 23.2 Å². The summed E-state index contributed by atoms with van der Waals surface area (Å²) in [4.78, 5) is 4.19. The first kappa shape index (κ1) is 13.6. The number of halogens is 1. The van der Waals surface area contributed by atoms with Crippen LogP contribution in [0.3, 0.4) is 0 Å². The van der Waals surface area contributed by atoms with Crippen molar-refractivity contribution in [3.63, 3.8) is 0 Å². The van der Waals surface area contributed by atoms with Gasteiger partial charge in [0.2, 0.25) is 0 Å². The van der Waals surface area contributed by atoms with Gasteiger partial charge in [-0.1, -0.05) is 0 Å². The topological polar surface area (TPSA) is 42.0 Å². The maximum absolute atomic E-state index is 12.2. The lowest BCUT2D eigenvalue weighted by atomic mass is 10.2. The zero-order valence-corrected chi connectivity index (χ0v) is 10.9. The number of nitrogens with one attached hydrogen (secondary N) is 1. The lowest BCUT2D eigenvalue weighted by molar-refractivity contribution is 0.519. The molecule has 3 nitrogen and oxygen atoms in total. The number of aryl methyl sites for hydroxylation is 1. The Morgan fingerprint density at radius 3 is 3.00 bits per heavy atom. The Morgan fingerprint density at radius 1 is 1.56 bits per heavy atom. The van der Waals surface area contributed by atoms with Crippen LogP contribution in [0.5, 0.6) is 0 Å². The lowest BCUT2D eigenvalue weighted by Gasteiger charge is -2.21. The third kappa shape index (κ3) is 3.27. The molecule has 1 N–H and O–H groups in total. The predicted octanol–water partition coefficient (Wildman–Crippen LogP) is 1.67. The van der Waals surface area contributed by atoms with Crippen molar-refractivity contribution in [2.75, 3.05) is 13.1 Å². The number of piperidine rings is 1. The molecular formula is C11H17ClN2OS. The molecule has 0 aliphatic carbocycles. The van der Waals surface area contributed by atoms with E-state index < -0.39 is 10.8 Å². The number of nitrogens with zero attached hydrogens (tertiary/aromatic N) is 1. The number of hydrogen-bond donors (Lipinski definition) is 1. The van der Waals surface area contributed by atoms with E-state index in [0.717, 1.165) is 36.5 Å². The van der Waals surface area contributed by atoms with E-state index in [2.05, 4.69) is 10.3 Å². The zero-order valence-electron chi connectivity index (χ0n) is 9.31. The summed E-state index contributed by atoms with van der Waals surface area (Å²) in [6.45, 7) is 3.90. The fourth-order valence-electron chi connectivity index (χ4n) is 1.79. The van der Waals surface area contributed by atoms with Gasteiger partial charge in [0, 0.05) is 12.7 Å². The van der Waals surface area contributed by atoms with Crippen LogP contribution in [0.4, 0.5) is 0 Å². The van der Waals surface area contributed by atoms with E-state index in [1.54, 1.807) is 6.20 Å². The molecule has 2 unspecified atom stereocenters. The average molecular weight is 261 g/mol. The number of rotatable bonds is 2. The predicted molar refractivity (Wildman–Crippen MR) is 68.5 cm³/mol. The first-order chi connectivity index (χ1) is 7.27. The summed E-state index contributed by atoms with van der Waals surface area (Å²) in [5, 5.41) is 4.23. The normalized spacial score (nSPS) is 22.2. The second-order valence-corrected chi connectivity index (χ2v) is 5.62. The van der Waals surface area contributed by atoms with Gasteiger partial charge in [0.1, 0.15) is 5.03 Å². The Kier molecular flexibility index (Phi) is 5.38. The highest BCUT2D eigenvalue weighted by Gasteiger charge is 2.21. The van der Waals surface area contributed by atoms with Gasteiger partial charge in [-0.3, -0.25) is 4.21 Å². The Balaban J connectivity index is 0.00000128. The van der Waals surface area contributed by atoms with Gasteiger partial charge in [-0.2, -0.15) is 0 Å². The minimum absolute atomic E-state index is 0. The van der Waals surface area contributed by atoms with Crippen LogP contribution < -0.4 is 5.32 Å². The van der Waals surface area contributed by atoms with E-state index in [1.165, 1.54) is 0 Å². The van der Waals surface area contributed by atoms with Gasteiger partial charge >= 0.3 is 0 Å². The number of aromatic nitrogens is 1. The minimum atomic E-state index is -0.954. The summed E-state index contributed by atoms with van der Waals surface area (Å²) in [7, 11) is -0.954. The van der Waals surface area contributed by atoms with Crippen molar-refractivity contribution in [2.45, 2.75) is 30.0 Å². The van der Waals surface area contributed by atoms with E-state index in [4.69, 9.17) is 0 Å². The largest absolute Gasteiger partial charge is 0.316 e. The molecule has 5 heteroatoms. The summed E-state index contributed by atoms with van der Waals surface area (Å²) in [6, 6.07) is 3.85. The van der Waals surface area contributed by atoms with Crippen LogP contribution in [0.1, 0.15) is 18.4 Å². The van der Waals surface area contributed by atoms with Gasteiger partial charge in [0.15, 0.2) is 0 Å². The molecule has 2 atom stereocenters. The van der Waals surface area contributed by atoms with Crippen molar-refractivity contribution in [2.24, 2.45) is 0 Å². The molecule has 1 aliphatic heterocycles. The SMILES string of the molecule is Cc1ccnc(S(=O)C2CCCNC2)c1.Cl. The fourth-order valence-corrected chi connectivity index (χ4v) is 3.25.